The summed E-state index contributed by atoms with van der Waals surface area (Å²) in [5.41, 5.74) is 6.75. The number of nitrogens with one attached hydrogen (secondary N) is 1. The van der Waals surface area contributed by atoms with Gasteiger partial charge in [-0.05, 0) is 30.2 Å². The maximum atomic E-state index is 10.4. The number of primary amides is 1. The zero-order valence-electron chi connectivity index (χ0n) is 7.37. The summed E-state index contributed by atoms with van der Waals surface area (Å²) < 4.78 is 0. The molecule has 0 radical (unpaired) electrons. The summed E-state index contributed by atoms with van der Waals surface area (Å²) in [5.74, 6) is 4.37. The Morgan fingerprint density at radius 1 is 1.36 bits per heavy atom. The average Bonchev–Trinajstić information content (AvgIpc) is 2.61. The smallest absolute Gasteiger partial charge is 0.293 e. The number of rotatable bonds is 0. The molecule has 3 nitrogen and oxygen atoms in total. The van der Waals surface area contributed by atoms with Gasteiger partial charge in [0.05, 0.1) is 0 Å². The number of carbonyl (C=O) groups excluding carboxylic acids is 1. The van der Waals surface area contributed by atoms with Crippen molar-refractivity contribution in [3.8, 4) is 11.8 Å². The van der Waals surface area contributed by atoms with Crippen molar-refractivity contribution in [3.63, 3.8) is 0 Å². The molecule has 0 bridgehead atoms. The summed E-state index contributed by atoms with van der Waals surface area (Å²) in [6, 6.07) is 7.61. The Morgan fingerprint density at radius 3 is 3.00 bits per heavy atom. The van der Waals surface area contributed by atoms with Crippen LogP contribution in [0.2, 0.25) is 0 Å². The average molecular weight is 184 g/mol. The van der Waals surface area contributed by atoms with E-state index in [0.717, 1.165) is 16.5 Å². The van der Waals surface area contributed by atoms with E-state index in [1.807, 2.05) is 30.5 Å². The Labute approximate surface area is 80.9 Å². The Bertz CT molecular complexity index is 543. The molecule has 1 heterocycles. The van der Waals surface area contributed by atoms with Gasteiger partial charge in [-0.3, -0.25) is 4.79 Å². The van der Waals surface area contributed by atoms with Crippen LogP contribution in [0.3, 0.4) is 0 Å². The van der Waals surface area contributed by atoms with Gasteiger partial charge < -0.3 is 10.7 Å². The van der Waals surface area contributed by atoms with Crippen LogP contribution in [0.25, 0.3) is 10.9 Å². The van der Waals surface area contributed by atoms with E-state index in [4.69, 9.17) is 5.73 Å². The number of H-pyrrole nitrogens is 1. The second kappa shape index (κ2) is 3.27. The first-order valence-corrected chi connectivity index (χ1v) is 4.14. The van der Waals surface area contributed by atoms with E-state index in [-0.39, 0.29) is 0 Å². The van der Waals surface area contributed by atoms with Gasteiger partial charge in [0, 0.05) is 22.7 Å². The fourth-order valence-corrected chi connectivity index (χ4v) is 1.26. The van der Waals surface area contributed by atoms with E-state index in [0.29, 0.717) is 0 Å². The van der Waals surface area contributed by atoms with E-state index < -0.39 is 5.91 Å². The van der Waals surface area contributed by atoms with Crippen LogP contribution in [0.1, 0.15) is 5.56 Å². The van der Waals surface area contributed by atoms with Gasteiger partial charge in [0.15, 0.2) is 0 Å². The maximum absolute atomic E-state index is 10.4. The van der Waals surface area contributed by atoms with Crippen molar-refractivity contribution >= 4 is 16.8 Å². The van der Waals surface area contributed by atoms with Crippen LogP contribution in [-0.4, -0.2) is 10.9 Å². The molecule has 1 aromatic carbocycles. The summed E-state index contributed by atoms with van der Waals surface area (Å²) in [6.07, 6.45) is 1.86. The zero-order chi connectivity index (χ0) is 9.97. The number of aromatic amines is 1. The molecule has 0 saturated carbocycles. The molecule has 3 heteroatoms. The molecule has 0 aliphatic carbocycles. The van der Waals surface area contributed by atoms with Crippen LogP contribution in [-0.2, 0) is 4.79 Å². The molecule has 0 aliphatic rings. The molecule has 1 aromatic heterocycles. The molecule has 1 amide bonds. The van der Waals surface area contributed by atoms with Crippen LogP contribution in [0.4, 0.5) is 0 Å². The molecule has 2 aromatic rings. The molecule has 68 valence electrons. The lowest BCUT2D eigenvalue weighted by Crippen LogP contribution is -2.06. The highest BCUT2D eigenvalue weighted by Gasteiger charge is 1.94. The first-order valence-electron chi connectivity index (χ1n) is 4.14. The molecular weight excluding hydrogens is 176 g/mol. The first-order chi connectivity index (χ1) is 6.75. The summed E-state index contributed by atoms with van der Waals surface area (Å²) in [4.78, 5) is 13.5. The topological polar surface area (TPSA) is 58.9 Å². The highest BCUT2D eigenvalue weighted by molar-refractivity contribution is 5.92. The fraction of sp³-hybridized carbons (Fsp3) is 0. The van der Waals surface area contributed by atoms with Gasteiger partial charge in [0.25, 0.3) is 5.91 Å². The minimum absolute atomic E-state index is 0.612. The third kappa shape index (κ3) is 1.59. The quantitative estimate of drug-likeness (QED) is 0.590. The Kier molecular flexibility index (Phi) is 1.96. The van der Waals surface area contributed by atoms with Crippen molar-refractivity contribution in [3.05, 3.63) is 36.0 Å². The van der Waals surface area contributed by atoms with Crippen LogP contribution >= 0.6 is 0 Å². The monoisotopic (exact) mass is 184 g/mol. The van der Waals surface area contributed by atoms with Gasteiger partial charge in [0.1, 0.15) is 0 Å². The second-order valence-electron chi connectivity index (χ2n) is 2.89. The SMILES string of the molecule is NC(=O)C#Cc1ccc2[nH]ccc2c1. The first kappa shape index (κ1) is 8.39. The normalized spacial score (nSPS) is 9.43. The van der Waals surface area contributed by atoms with E-state index in [9.17, 15) is 4.79 Å². The lowest BCUT2D eigenvalue weighted by Gasteiger charge is -1.90. The number of amides is 1. The standard InChI is InChI=1S/C11H8N2O/c12-11(14)4-2-8-1-3-10-9(7-8)5-6-13-10/h1,3,5-7,13H,(H2,12,14). The van der Waals surface area contributed by atoms with Crippen molar-refractivity contribution in [2.75, 3.05) is 0 Å². The lowest BCUT2D eigenvalue weighted by atomic mass is 10.1. The number of fused-ring (bicyclic) bond motifs is 1. The maximum Gasteiger partial charge on any atom is 0.293 e. The van der Waals surface area contributed by atoms with Crippen molar-refractivity contribution in [1.82, 2.24) is 4.98 Å². The predicted octanol–water partition coefficient (Wildman–Crippen LogP) is 1.00. The number of nitrogens with two attached hydrogens (primary N) is 1. The molecule has 0 saturated heterocycles. The van der Waals surface area contributed by atoms with E-state index in [1.54, 1.807) is 0 Å². The number of benzene rings is 1. The molecule has 3 N–H and O–H groups in total. The highest BCUT2D eigenvalue weighted by Crippen LogP contribution is 2.13. The van der Waals surface area contributed by atoms with Crippen molar-refractivity contribution < 1.29 is 4.79 Å². The highest BCUT2D eigenvalue weighted by atomic mass is 16.1. The minimum Gasteiger partial charge on any atom is -0.361 e. The largest absolute Gasteiger partial charge is 0.361 e. The Morgan fingerprint density at radius 2 is 2.21 bits per heavy atom. The van der Waals surface area contributed by atoms with Gasteiger partial charge in [-0.25, -0.2) is 0 Å². The molecule has 0 unspecified atom stereocenters. The number of hydrogen-bond acceptors (Lipinski definition) is 1. The zero-order valence-corrected chi connectivity index (χ0v) is 7.37. The van der Waals surface area contributed by atoms with Crippen molar-refractivity contribution in [2.24, 2.45) is 5.73 Å². The minimum atomic E-state index is -0.612. The molecular formula is C11H8N2O. The van der Waals surface area contributed by atoms with Gasteiger partial charge in [0.2, 0.25) is 0 Å². The summed E-state index contributed by atoms with van der Waals surface area (Å²) in [5, 5.41) is 1.07. The molecule has 0 spiro atoms. The molecule has 0 atom stereocenters. The van der Waals surface area contributed by atoms with Crippen molar-refractivity contribution in [2.45, 2.75) is 0 Å². The number of carbonyl (C=O) groups is 1. The number of hydrogen-bond donors (Lipinski definition) is 2. The van der Waals surface area contributed by atoms with Crippen LogP contribution in [0.15, 0.2) is 30.5 Å². The molecule has 2 rings (SSSR count). The Hall–Kier alpha value is -2.21. The lowest BCUT2D eigenvalue weighted by molar-refractivity contribution is -0.112. The molecule has 14 heavy (non-hydrogen) atoms. The van der Waals surface area contributed by atoms with Gasteiger partial charge in [-0.1, -0.05) is 5.92 Å². The van der Waals surface area contributed by atoms with Crippen LogP contribution in [0, 0.1) is 11.8 Å². The second-order valence-corrected chi connectivity index (χ2v) is 2.89. The van der Waals surface area contributed by atoms with Gasteiger partial charge >= 0.3 is 0 Å². The van der Waals surface area contributed by atoms with Gasteiger partial charge in [-0.15, -0.1) is 0 Å². The van der Waals surface area contributed by atoms with Crippen LogP contribution in [0.5, 0.6) is 0 Å². The van der Waals surface area contributed by atoms with E-state index in [2.05, 4.69) is 16.8 Å². The predicted molar refractivity (Wildman–Crippen MR) is 54.4 cm³/mol. The van der Waals surface area contributed by atoms with Crippen LogP contribution < -0.4 is 5.73 Å². The van der Waals surface area contributed by atoms with E-state index in [1.165, 1.54) is 0 Å². The summed E-state index contributed by atoms with van der Waals surface area (Å²) >= 11 is 0. The van der Waals surface area contributed by atoms with E-state index >= 15 is 0 Å². The van der Waals surface area contributed by atoms with Gasteiger partial charge in [-0.2, -0.15) is 0 Å². The van der Waals surface area contributed by atoms with Crippen molar-refractivity contribution in [1.29, 1.82) is 0 Å². The third-order valence-corrected chi connectivity index (χ3v) is 1.88. The Balaban J connectivity index is 2.45. The summed E-state index contributed by atoms with van der Waals surface area (Å²) in [7, 11) is 0. The number of aromatic nitrogens is 1. The molecule has 0 fully saturated rings. The molecule has 0 aliphatic heterocycles. The summed E-state index contributed by atoms with van der Waals surface area (Å²) in [6.45, 7) is 0. The fourth-order valence-electron chi connectivity index (χ4n) is 1.26. The third-order valence-electron chi connectivity index (χ3n) is 1.88.